The van der Waals surface area contributed by atoms with E-state index in [9.17, 15) is 0 Å². The molecule has 0 aliphatic heterocycles. The highest BCUT2D eigenvalue weighted by molar-refractivity contribution is 7.16. The minimum absolute atomic E-state index is 0.0886. The molecule has 0 aliphatic carbocycles. The van der Waals surface area contributed by atoms with E-state index in [1.54, 1.807) is 11.3 Å². The summed E-state index contributed by atoms with van der Waals surface area (Å²) in [6, 6.07) is 5.83. The number of aryl methyl sites for hydroxylation is 1. The molecule has 2 heterocycles. The van der Waals surface area contributed by atoms with Crippen molar-refractivity contribution in [3.05, 3.63) is 33.1 Å². The second-order valence-corrected chi connectivity index (χ2v) is 6.59. The van der Waals surface area contributed by atoms with E-state index in [1.807, 2.05) is 39.0 Å². The number of thiophene rings is 1. The van der Waals surface area contributed by atoms with E-state index in [0.29, 0.717) is 11.8 Å². The van der Waals surface area contributed by atoms with E-state index in [4.69, 9.17) is 16.3 Å². The molecule has 0 bridgehead atoms. The molecule has 0 aromatic carbocycles. The average Bonchev–Trinajstić information content (AvgIpc) is 2.74. The molecule has 108 valence electrons. The van der Waals surface area contributed by atoms with Gasteiger partial charge >= 0.3 is 0 Å². The molecule has 1 atom stereocenters. The van der Waals surface area contributed by atoms with Crippen LogP contribution in [0.5, 0.6) is 5.88 Å². The van der Waals surface area contributed by atoms with E-state index >= 15 is 0 Å². The molecule has 2 aromatic rings. The lowest BCUT2D eigenvalue weighted by atomic mass is 10.3. The Morgan fingerprint density at radius 1 is 1.25 bits per heavy atom. The molecule has 6 heteroatoms. The smallest absolute Gasteiger partial charge is 0.226 e. The van der Waals surface area contributed by atoms with Crippen LogP contribution in [0.2, 0.25) is 4.34 Å². The molecule has 0 fully saturated rings. The fraction of sp³-hybridized carbons (Fsp3) is 0.429. The zero-order valence-electron chi connectivity index (χ0n) is 12.0. The van der Waals surface area contributed by atoms with Gasteiger partial charge in [-0.25, -0.2) is 4.98 Å². The first-order valence-corrected chi connectivity index (χ1v) is 7.67. The molecule has 2 aromatic heterocycles. The normalized spacial score (nSPS) is 12.5. The van der Waals surface area contributed by atoms with Gasteiger partial charge in [-0.05, 0) is 39.8 Å². The van der Waals surface area contributed by atoms with E-state index < -0.39 is 0 Å². The molecule has 0 spiro atoms. The number of aromatic nitrogens is 2. The van der Waals surface area contributed by atoms with Crippen LogP contribution >= 0.6 is 22.9 Å². The maximum absolute atomic E-state index is 5.95. The standard InChI is InChI=1S/C14H18ClN3OS/c1-8(2)19-13-7-9(3)16-14(18-13)17-10(4)11-5-6-12(15)20-11/h5-8,10H,1-4H3,(H,16,17,18). The minimum atomic E-state index is 0.0886. The van der Waals surface area contributed by atoms with Gasteiger partial charge in [0.1, 0.15) is 0 Å². The third-order valence-corrected chi connectivity index (χ3v) is 3.97. The summed E-state index contributed by atoms with van der Waals surface area (Å²) >= 11 is 7.50. The number of nitrogens with zero attached hydrogens (tertiary/aromatic N) is 2. The zero-order chi connectivity index (χ0) is 14.7. The maximum Gasteiger partial charge on any atom is 0.226 e. The summed E-state index contributed by atoms with van der Waals surface area (Å²) < 4.78 is 6.40. The van der Waals surface area contributed by atoms with Crippen molar-refractivity contribution < 1.29 is 4.74 Å². The van der Waals surface area contributed by atoms with Crippen molar-refractivity contribution in [1.82, 2.24) is 9.97 Å². The number of rotatable bonds is 5. The Labute approximate surface area is 128 Å². The molecule has 0 radical (unpaired) electrons. The van der Waals surface area contributed by atoms with E-state index in [-0.39, 0.29) is 12.1 Å². The summed E-state index contributed by atoms with van der Waals surface area (Å²) in [7, 11) is 0. The first kappa shape index (κ1) is 15.1. The van der Waals surface area contributed by atoms with Crippen molar-refractivity contribution >= 4 is 28.9 Å². The molecule has 0 saturated heterocycles. The molecule has 20 heavy (non-hydrogen) atoms. The van der Waals surface area contributed by atoms with Gasteiger partial charge < -0.3 is 10.1 Å². The number of halogens is 1. The van der Waals surface area contributed by atoms with Crippen LogP contribution in [-0.2, 0) is 0 Å². The van der Waals surface area contributed by atoms with Gasteiger partial charge in [-0.15, -0.1) is 11.3 Å². The van der Waals surface area contributed by atoms with Crippen LogP contribution in [0, 0.1) is 6.92 Å². The van der Waals surface area contributed by atoms with Crippen LogP contribution in [0.4, 0.5) is 5.95 Å². The van der Waals surface area contributed by atoms with Crippen LogP contribution < -0.4 is 10.1 Å². The van der Waals surface area contributed by atoms with Crippen molar-refractivity contribution in [2.45, 2.75) is 39.8 Å². The third kappa shape index (κ3) is 4.08. The van der Waals surface area contributed by atoms with E-state index in [0.717, 1.165) is 14.9 Å². The number of ether oxygens (including phenoxy) is 1. The fourth-order valence-electron chi connectivity index (χ4n) is 1.73. The van der Waals surface area contributed by atoms with Crippen LogP contribution in [0.1, 0.15) is 37.4 Å². The van der Waals surface area contributed by atoms with Gasteiger partial charge in [-0.3, -0.25) is 0 Å². The highest BCUT2D eigenvalue weighted by Gasteiger charge is 2.11. The van der Waals surface area contributed by atoms with Gasteiger partial charge in [0.2, 0.25) is 11.8 Å². The Bertz CT molecular complexity index is 586. The lowest BCUT2D eigenvalue weighted by molar-refractivity contribution is 0.232. The first-order chi connectivity index (χ1) is 9.44. The SMILES string of the molecule is Cc1cc(OC(C)C)nc(NC(C)c2ccc(Cl)s2)n1. The van der Waals surface area contributed by atoms with Crippen molar-refractivity contribution in [1.29, 1.82) is 0 Å². The molecule has 1 unspecified atom stereocenters. The number of nitrogens with one attached hydrogen (secondary N) is 1. The predicted octanol–water partition coefficient (Wildman–Crippen LogP) is 4.46. The van der Waals surface area contributed by atoms with Crippen LogP contribution in [0.25, 0.3) is 0 Å². The molecule has 1 N–H and O–H groups in total. The number of hydrogen-bond acceptors (Lipinski definition) is 5. The minimum Gasteiger partial charge on any atom is -0.475 e. The molecule has 0 aliphatic rings. The highest BCUT2D eigenvalue weighted by Crippen LogP contribution is 2.28. The summed E-state index contributed by atoms with van der Waals surface area (Å²) in [5.74, 6) is 1.16. The Kier molecular flexibility index (Phi) is 4.83. The maximum atomic E-state index is 5.95. The molecule has 0 amide bonds. The summed E-state index contributed by atoms with van der Waals surface area (Å²) in [5, 5.41) is 3.28. The molecule has 4 nitrogen and oxygen atoms in total. The van der Waals surface area contributed by atoms with Gasteiger partial charge in [-0.2, -0.15) is 4.98 Å². The lowest BCUT2D eigenvalue weighted by Gasteiger charge is -2.14. The third-order valence-electron chi connectivity index (χ3n) is 2.55. The fourth-order valence-corrected chi connectivity index (χ4v) is 2.80. The van der Waals surface area contributed by atoms with Gasteiger partial charge in [-0.1, -0.05) is 11.6 Å². The summed E-state index contributed by atoms with van der Waals surface area (Å²) in [6.45, 7) is 7.92. The zero-order valence-corrected chi connectivity index (χ0v) is 13.5. The van der Waals surface area contributed by atoms with Crippen molar-refractivity contribution in [2.24, 2.45) is 0 Å². The quantitative estimate of drug-likeness (QED) is 0.885. The molecule has 0 saturated carbocycles. The van der Waals surface area contributed by atoms with Crippen molar-refractivity contribution in [3.8, 4) is 5.88 Å². The van der Waals surface area contributed by atoms with Gasteiger partial charge in [0.25, 0.3) is 0 Å². The number of anilines is 1. The van der Waals surface area contributed by atoms with Crippen LogP contribution in [0.3, 0.4) is 0 Å². The second kappa shape index (κ2) is 6.41. The van der Waals surface area contributed by atoms with Crippen molar-refractivity contribution in [3.63, 3.8) is 0 Å². The summed E-state index contributed by atoms with van der Waals surface area (Å²) in [5.41, 5.74) is 0.870. The summed E-state index contributed by atoms with van der Waals surface area (Å²) in [6.07, 6.45) is 0.0886. The van der Waals surface area contributed by atoms with E-state index in [2.05, 4.69) is 22.2 Å². The molecular weight excluding hydrogens is 294 g/mol. The van der Waals surface area contributed by atoms with Gasteiger partial charge in [0, 0.05) is 16.6 Å². The van der Waals surface area contributed by atoms with Crippen molar-refractivity contribution in [2.75, 3.05) is 5.32 Å². The second-order valence-electron chi connectivity index (χ2n) is 4.85. The largest absolute Gasteiger partial charge is 0.475 e. The lowest BCUT2D eigenvalue weighted by Crippen LogP contribution is -2.12. The van der Waals surface area contributed by atoms with Crippen LogP contribution in [0.15, 0.2) is 18.2 Å². The first-order valence-electron chi connectivity index (χ1n) is 6.48. The van der Waals surface area contributed by atoms with E-state index in [1.165, 1.54) is 0 Å². The Morgan fingerprint density at radius 2 is 2.00 bits per heavy atom. The van der Waals surface area contributed by atoms with Gasteiger partial charge in [0.05, 0.1) is 16.5 Å². The Hall–Kier alpha value is -1.33. The Morgan fingerprint density at radius 3 is 2.60 bits per heavy atom. The van der Waals surface area contributed by atoms with Gasteiger partial charge in [0.15, 0.2) is 0 Å². The summed E-state index contributed by atoms with van der Waals surface area (Å²) in [4.78, 5) is 9.90. The molecule has 2 rings (SSSR count). The Balaban J connectivity index is 2.14. The monoisotopic (exact) mass is 311 g/mol. The topological polar surface area (TPSA) is 47.0 Å². The average molecular weight is 312 g/mol. The van der Waals surface area contributed by atoms with Crippen LogP contribution in [-0.4, -0.2) is 16.1 Å². The molecular formula is C14H18ClN3OS. The number of hydrogen-bond donors (Lipinski definition) is 1. The predicted molar refractivity (Wildman–Crippen MR) is 83.9 cm³/mol. The highest BCUT2D eigenvalue weighted by atomic mass is 35.5.